The van der Waals surface area contributed by atoms with Crippen molar-refractivity contribution in [2.24, 2.45) is 0 Å². The van der Waals surface area contributed by atoms with Crippen molar-refractivity contribution in [2.75, 3.05) is 19.6 Å². The molecule has 5 rings (SSSR count). The highest BCUT2D eigenvalue weighted by molar-refractivity contribution is 7.89. The molecule has 2 atom stereocenters. The van der Waals surface area contributed by atoms with E-state index < -0.39 is 15.8 Å². The summed E-state index contributed by atoms with van der Waals surface area (Å²) in [5.74, 6) is 0.0772. The molecule has 1 aliphatic rings. The predicted molar refractivity (Wildman–Crippen MR) is 142 cm³/mol. The maximum absolute atomic E-state index is 13.6. The summed E-state index contributed by atoms with van der Waals surface area (Å²) in [7, 11) is -3.78. The highest BCUT2D eigenvalue weighted by Crippen LogP contribution is 2.28. The zero-order chi connectivity index (χ0) is 26.3. The van der Waals surface area contributed by atoms with Gasteiger partial charge in [0, 0.05) is 30.7 Å². The molecule has 0 unspecified atom stereocenters. The predicted octanol–water partition coefficient (Wildman–Crippen LogP) is 4.63. The lowest BCUT2D eigenvalue weighted by Crippen LogP contribution is -2.54. The summed E-state index contributed by atoms with van der Waals surface area (Å²) in [6.07, 6.45) is 0. The van der Waals surface area contributed by atoms with Crippen LogP contribution in [-0.2, 0) is 10.0 Å². The number of aromatic nitrogens is 2. The van der Waals surface area contributed by atoms with Gasteiger partial charge in [0.05, 0.1) is 27.5 Å². The van der Waals surface area contributed by atoms with Crippen molar-refractivity contribution in [3.63, 3.8) is 0 Å². The van der Waals surface area contributed by atoms with Gasteiger partial charge in [0.1, 0.15) is 11.6 Å². The quantitative estimate of drug-likeness (QED) is 0.369. The Labute approximate surface area is 219 Å². The molecule has 192 valence electrons. The Morgan fingerprint density at radius 2 is 1.68 bits per heavy atom. The van der Waals surface area contributed by atoms with E-state index in [4.69, 9.17) is 16.6 Å². The molecule has 0 N–H and O–H groups in total. The standard InChI is InChI=1S/C27H26ClFN4O3S/c1-18-17-31(15-16-32(18)37(35,36)23-13-9-21(29)10-14-23)19(2)26-30-25-6-4-3-5-24(25)27(34)33(26)22-11-7-20(28)8-12-22/h3-14,18-19H,15-17H2,1-2H3/t18-,19+/m1/s1. The van der Waals surface area contributed by atoms with Gasteiger partial charge in [-0.1, -0.05) is 23.7 Å². The van der Waals surface area contributed by atoms with Crippen molar-refractivity contribution in [1.29, 1.82) is 0 Å². The Morgan fingerprint density at radius 3 is 2.35 bits per heavy atom. The number of nitrogens with zero attached hydrogens (tertiary/aromatic N) is 4. The van der Waals surface area contributed by atoms with Crippen LogP contribution in [0, 0.1) is 5.82 Å². The van der Waals surface area contributed by atoms with E-state index in [1.165, 1.54) is 16.4 Å². The van der Waals surface area contributed by atoms with Crippen LogP contribution in [0.1, 0.15) is 25.7 Å². The van der Waals surface area contributed by atoms with Crippen molar-refractivity contribution < 1.29 is 12.8 Å². The Balaban J connectivity index is 1.49. The number of hydrogen-bond acceptors (Lipinski definition) is 5. The average molecular weight is 541 g/mol. The van der Waals surface area contributed by atoms with Gasteiger partial charge >= 0.3 is 0 Å². The maximum atomic E-state index is 13.6. The molecule has 1 aromatic heterocycles. The van der Waals surface area contributed by atoms with Gasteiger partial charge in [-0.2, -0.15) is 4.31 Å². The molecule has 1 fully saturated rings. The summed E-state index contributed by atoms with van der Waals surface area (Å²) < 4.78 is 42.9. The van der Waals surface area contributed by atoms with Crippen LogP contribution in [0.15, 0.2) is 82.5 Å². The molecule has 0 saturated carbocycles. The lowest BCUT2D eigenvalue weighted by molar-refractivity contribution is 0.104. The lowest BCUT2D eigenvalue weighted by Gasteiger charge is -2.41. The highest BCUT2D eigenvalue weighted by Gasteiger charge is 2.36. The lowest BCUT2D eigenvalue weighted by atomic mass is 10.1. The number of para-hydroxylation sites is 1. The summed E-state index contributed by atoms with van der Waals surface area (Å²) in [6.45, 7) is 4.95. The van der Waals surface area contributed by atoms with Gasteiger partial charge in [-0.05, 0) is 74.5 Å². The first-order valence-corrected chi connectivity index (χ1v) is 13.8. The number of sulfonamides is 1. The summed E-state index contributed by atoms with van der Waals surface area (Å²) in [5, 5.41) is 1.07. The Bertz CT molecular complexity index is 1610. The first-order chi connectivity index (χ1) is 17.7. The van der Waals surface area contributed by atoms with Crippen LogP contribution in [0.2, 0.25) is 5.02 Å². The van der Waals surface area contributed by atoms with E-state index in [0.717, 1.165) is 12.1 Å². The number of benzene rings is 3. The van der Waals surface area contributed by atoms with Crippen molar-refractivity contribution >= 4 is 32.5 Å². The van der Waals surface area contributed by atoms with E-state index in [-0.39, 0.29) is 29.1 Å². The largest absolute Gasteiger partial charge is 0.291 e. The van der Waals surface area contributed by atoms with Crippen LogP contribution in [-0.4, -0.2) is 52.9 Å². The van der Waals surface area contributed by atoms with E-state index in [9.17, 15) is 17.6 Å². The Kier molecular flexibility index (Phi) is 6.89. The second kappa shape index (κ2) is 9.98. The average Bonchev–Trinajstić information content (AvgIpc) is 2.89. The van der Waals surface area contributed by atoms with Crippen LogP contribution in [0.5, 0.6) is 0 Å². The molecule has 0 spiro atoms. The van der Waals surface area contributed by atoms with Gasteiger partial charge in [-0.15, -0.1) is 0 Å². The highest BCUT2D eigenvalue weighted by atomic mass is 35.5. The molecule has 37 heavy (non-hydrogen) atoms. The molecule has 0 aliphatic carbocycles. The normalized spacial score (nSPS) is 18.2. The second-order valence-corrected chi connectivity index (χ2v) is 11.5. The molecule has 7 nitrogen and oxygen atoms in total. The topological polar surface area (TPSA) is 75.5 Å². The molecule has 1 saturated heterocycles. The third kappa shape index (κ3) is 4.80. The number of rotatable bonds is 5. The molecular formula is C27H26ClFN4O3S. The summed E-state index contributed by atoms with van der Waals surface area (Å²) >= 11 is 6.09. The van der Waals surface area contributed by atoms with Crippen LogP contribution in [0.4, 0.5) is 4.39 Å². The van der Waals surface area contributed by atoms with Gasteiger partial charge in [-0.3, -0.25) is 14.3 Å². The number of fused-ring (bicyclic) bond motifs is 1. The summed E-state index contributed by atoms with van der Waals surface area (Å²) in [5.41, 5.74) is 1.07. The monoisotopic (exact) mass is 540 g/mol. The minimum Gasteiger partial charge on any atom is -0.291 e. The molecule has 0 bridgehead atoms. The Hall–Kier alpha value is -3.11. The van der Waals surface area contributed by atoms with Crippen molar-refractivity contribution in [1.82, 2.24) is 18.8 Å². The zero-order valence-corrected chi connectivity index (χ0v) is 22.0. The molecule has 3 aromatic carbocycles. The number of hydrogen-bond donors (Lipinski definition) is 0. The molecule has 1 aliphatic heterocycles. The van der Waals surface area contributed by atoms with E-state index in [1.54, 1.807) is 34.9 Å². The third-order valence-electron chi connectivity index (χ3n) is 6.83. The van der Waals surface area contributed by atoms with E-state index >= 15 is 0 Å². The van der Waals surface area contributed by atoms with Gasteiger partial charge in [0.2, 0.25) is 10.0 Å². The van der Waals surface area contributed by atoms with E-state index in [1.807, 2.05) is 32.0 Å². The van der Waals surface area contributed by atoms with Crippen LogP contribution in [0.25, 0.3) is 16.6 Å². The van der Waals surface area contributed by atoms with Crippen molar-refractivity contribution in [3.8, 4) is 5.69 Å². The minimum absolute atomic E-state index is 0.0648. The number of piperazine rings is 1. The van der Waals surface area contributed by atoms with Gasteiger partial charge in [0.15, 0.2) is 0 Å². The van der Waals surface area contributed by atoms with Gasteiger partial charge in [-0.25, -0.2) is 17.8 Å². The molecule has 10 heteroatoms. The first-order valence-electron chi connectivity index (χ1n) is 12.0. The van der Waals surface area contributed by atoms with E-state index in [0.29, 0.717) is 40.5 Å². The van der Waals surface area contributed by atoms with Crippen LogP contribution < -0.4 is 5.56 Å². The van der Waals surface area contributed by atoms with Gasteiger partial charge < -0.3 is 0 Å². The van der Waals surface area contributed by atoms with Gasteiger partial charge in [0.25, 0.3) is 5.56 Å². The third-order valence-corrected chi connectivity index (χ3v) is 9.11. The Morgan fingerprint density at radius 1 is 1.00 bits per heavy atom. The molecular weight excluding hydrogens is 515 g/mol. The second-order valence-electron chi connectivity index (χ2n) is 9.19. The summed E-state index contributed by atoms with van der Waals surface area (Å²) in [4.78, 5) is 20.7. The van der Waals surface area contributed by atoms with Crippen LogP contribution >= 0.6 is 11.6 Å². The SMILES string of the molecule is C[C@@H]1CN([C@@H](C)c2nc3ccccc3c(=O)n2-c2ccc(Cl)cc2)CCN1S(=O)(=O)c1ccc(F)cc1. The molecule has 0 radical (unpaired) electrons. The zero-order valence-electron chi connectivity index (χ0n) is 20.4. The summed E-state index contributed by atoms with van der Waals surface area (Å²) in [6, 6.07) is 18.5. The number of halogens is 2. The minimum atomic E-state index is -3.78. The maximum Gasteiger partial charge on any atom is 0.266 e. The van der Waals surface area contributed by atoms with Crippen LogP contribution in [0.3, 0.4) is 0 Å². The smallest absolute Gasteiger partial charge is 0.266 e. The fourth-order valence-corrected chi connectivity index (χ4v) is 6.59. The fourth-order valence-electron chi connectivity index (χ4n) is 4.85. The molecule has 0 amide bonds. The molecule has 4 aromatic rings. The van der Waals surface area contributed by atoms with Crippen molar-refractivity contribution in [3.05, 3.63) is 99.8 Å². The first kappa shape index (κ1) is 25.5. The van der Waals surface area contributed by atoms with Crippen molar-refractivity contribution in [2.45, 2.75) is 30.8 Å². The van der Waals surface area contributed by atoms with E-state index in [2.05, 4.69) is 4.90 Å². The molecule has 2 heterocycles. The fraction of sp³-hybridized carbons (Fsp3) is 0.259.